The predicted octanol–water partition coefficient (Wildman–Crippen LogP) is 1.68. The van der Waals surface area contributed by atoms with Crippen molar-refractivity contribution in [2.24, 2.45) is 5.92 Å². The van der Waals surface area contributed by atoms with Gasteiger partial charge in [0.2, 0.25) is 15.8 Å². The van der Waals surface area contributed by atoms with Crippen molar-refractivity contribution in [2.75, 3.05) is 37.4 Å². The zero-order valence-corrected chi connectivity index (χ0v) is 17.2. The van der Waals surface area contributed by atoms with Gasteiger partial charge in [-0.25, -0.2) is 13.4 Å². The maximum Gasteiger partial charge on any atom is 0.310 e. The van der Waals surface area contributed by atoms with Crippen molar-refractivity contribution in [2.45, 2.75) is 29.6 Å². The van der Waals surface area contributed by atoms with Crippen molar-refractivity contribution in [3.8, 4) is 5.75 Å². The fourth-order valence-corrected chi connectivity index (χ4v) is 4.49. The van der Waals surface area contributed by atoms with E-state index >= 15 is 0 Å². The minimum atomic E-state index is -3.87. The Balaban J connectivity index is 1.83. The van der Waals surface area contributed by atoms with Gasteiger partial charge in [0.05, 0.1) is 30.7 Å². The first kappa shape index (κ1) is 20.8. The summed E-state index contributed by atoms with van der Waals surface area (Å²) in [6.07, 6.45) is 2.72. The van der Waals surface area contributed by atoms with Gasteiger partial charge in [-0.05, 0) is 44.0 Å². The number of aromatic nitrogens is 2. The molecule has 2 aromatic rings. The highest BCUT2D eigenvalue weighted by molar-refractivity contribution is 7.91. The smallest absolute Gasteiger partial charge is 0.310 e. The first-order chi connectivity index (χ1) is 13.9. The van der Waals surface area contributed by atoms with Crippen LogP contribution in [-0.4, -0.2) is 51.2 Å². The molecule has 3 rings (SSSR count). The highest BCUT2D eigenvalue weighted by Crippen LogP contribution is 2.28. The standard InChI is InChI=1S/C19H24N4O5S/c1-3-28-18(24)13-5-4-10-23(12-13)19-21-11-16(17(20)22-19)29(25,26)15-8-6-14(27-2)7-9-15/h6-9,11,13H,3-5,10,12H2,1-2H3,(H2,20,21,22)/t13-/m0/s1. The number of carbonyl (C=O) groups is 1. The van der Waals surface area contributed by atoms with Gasteiger partial charge in [-0.2, -0.15) is 4.98 Å². The molecule has 1 saturated heterocycles. The van der Waals surface area contributed by atoms with Gasteiger partial charge < -0.3 is 20.1 Å². The molecule has 1 atom stereocenters. The lowest BCUT2D eigenvalue weighted by molar-refractivity contribution is -0.148. The monoisotopic (exact) mass is 420 g/mol. The summed E-state index contributed by atoms with van der Waals surface area (Å²) in [5.74, 6) is 0.194. The molecule has 0 aliphatic carbocycles. The average molecular weight is 420 g/mol. The normalized spacial score (nSPS) is 17.0. The number of nitrogen functional groups attached to an aromatic ring is 1. The van der Waals surface area contributed by atoms with Crippen molar-refractivity contribution < 1.29 is 22.7 Å². The predicted molar refractivity (Wildman–Crippen MR) is 106 cm³/mol. The summed E-state index contributed by atoms with van der Waals surface area (Å²) in [5, 5.41) is 0. The number of hydrogen-bond acceptors (Lipinski definition) is 9. The van der Waals surface area contributed by atoms with Gasteiger partial charge in [-0.15, -0.1) is 0 Å². The third kappa shape index (κ3) is 4.42. The van der Waals surface area contributed by atoms with Crippen LogP contribution in [0, 0.1) is 5.92 Å². The van der Waals surface area contributed by atoms with Crippen molar-refractivity contribution in [3.05, 3.63) is 30.5 Å². The summed E-state index contributed by atoms with van der Waals surface area (Å²) in [6.45, 7) is 3.16. The van der Waals surface area contributed by atoms with E-state index in [1.54, 1.807) is 19.1 Å². The van der Waals surface area contributed by atoms with E-state index in [2.05, 4.69) is 9.97 Å². The van der Waals surface area contributed by atoms with Gasteiger partial charge in [0.25, 0.3) is 0 Å². The minimum absolute atomic E-state index is 0.0710. The largest absolute Gasteiger partial charge is 0.497 e. The lowest BCUT2D eigenvalue weighted by Gasteiger charge is -2.31. The van der Waals surface area contributed by atoms with E-state index in [0.29, 0.717) is 31.4 Å². The average Bonchev–Trinajstić information content (AvgIpc) is 2.73. The Labute approximate surface area is 169 Å². The number of methoxy groups -OCH3 is 1. The first-order valence-corrected chi connectivity index (χ1v) is 10.8. The Hall–Kier alpha value is -2.88. The van der Waals surface area contributed by atoms with E-state index in [4.69, 9.17) is 15.2 Å². The van der Waals surface area contributed by atoms with Gasteiger partial charge in [0.15, 0.2) is 0 Å². The summed E-state index contributed by atoms with van der Waals surface area (Å²) in [5.41, 5.74) is 5.98. The lowest BCUT2D eigenvalue weighted by Crippen LogP contribution is -2.40. The number of anilines is 2. The molecule has 9 nitrogen and oxygen atoms in total. The molecule has 0 radical (unpaired) electrons. The number of ether oxygens (including phenoxy) is 2. The molecule has 0 bridgehead atoms. The number of carbonyl (C=O) groups excluding carboxylic acids is 1. The fourth-order valence-electron chi connectivity index (χ4n) is 3.23. The van der Waals surface area contributed by atoms with Gasteiger partial charge in [-0.1, -0.05) is 0 Å². The molecule has 0 unspecified atom stereocenters. The van der Waals surface area contributed by atoms with Crippen molar-refractivity contribution >= 4 is 27.6 Å². The van der Waals surface area contributed by atoms with Crippen LogP contribution in [0.2, 0.25) is 0 Å². The van der Waals surface area contributed by atoms with Crippen LogP contribution in [-0.2, 0) is 19.4 Å². The molecule has 1 fully saturated rings. The van der Waals surface area contributed by atoms with Crippen LogP contribution in [0.3, 0.4) is 0 Å². The SMILES string of the molecule is CCOC(=O)[C@H]1CCCN(c2ncc(S(=O)(=O)c3ccc(OC)cc3)c(N)n2)C1. The first-order valence-electron chi connectivity index (χ1n) is 9.30. The number of hydrogen-bond donors (Lipinski definition) is 1. The quantitative estimate of drug-likeness (QED) is 0.695. The molecular formula is C19H24N4O5S. The Morgan fingerprint density at radius 2 is 2.03 bits per heavy atom. The van der Waals surface area contributed by atoms with E-state index in [1.807, 2.05) is 4.90 Å². The molecule has 0 saturated carbocycles. The lowest BCUT2D eigenvalue weighted by atomic mass is 9.98. The van der Waals surface area contributed by atoms with Crippen molar-refractivity contribution in [3.63, 3.8) is 0 Å². The second kappa shape index (κ2) is 8.64. The molecule has 2 heterocycles. The molecule has 10 heteroatoms. The third-order valence-corrected chi connectivity index (χ3v) is 6.54. The number of nitrogens with zero attached hydrogens (tertiary/aromatic N) is 3. The highest BCUT2D eigenvalue weighted by atomic mass is 32.2. The van der Waals surface area contributed by atoms with E-state index in [0.717, 1.165) is 12.8 Å². The van der Waals surface area contributed by atoms with Crippen molar-refractivity contribution in [1.82, 2.24) is 9.97 Å². The zero-order valence-electron chi connectivity index (χ0n) is 16.4. The van der Waals surface area contributed by atoms with Gasteiger partial charge in [0, 0.05) is 13.1 Å². The van der Waals surface area contributed by atoms with E-state index in [9.17, 15) is 13.2 Å². The van der Waals surface area contributed by atoms with Crippen LogP contribution in [0.4, 0.5) is 11.8 Å². The molecule has 2 N–H and O–H groups in total. The van der Waals surface area contributed by atoms with Crippen LogP contribution >= 0.6 is 0 Å². The van der Waals surface area contributed by atoms with Crippen LogP contribution in [0.1, 0.15) is 19.8 Å². The van der Waals surface area contributed by atoms with Crippen LogP contribution in [0.5, 0.6) is 5.75 Å². The number of esters is 1. The molecule has 156 valence electrons. The molecule has 0 amide bonds. The molecule has 1 aromatic carbocycles. The number of sulfone groups is 1. The van der Waals surface area contributed by atoms with E-state index in [1.165, 1.54) is 25.4 Å². The van der Waals surface area contributed by atoms with E-state index < -0.39 is 9.84 Å². The maximum atomic E-state index is 12.9. The summed E-state index contributed by atoms with van der Waals surface area (Å²) in [7, 11) is -2.37. The number of rotatable bonds is 6. The summed E-state index contributed by atoms with van der Waals surface area (Å²) in [6, 6.07) is 6.00. The van der Waals surface area contributed by atoms with Crippen LogP contribution in [0.25, 0.3) is 0 Å². The highest BCUT2D eigenvalue weighted by Gasteiger charge is 2.29. The minimum Gasteiger partial charge on any atom is -0.497 e. The van der Waals surface area contributed by atoms with E-state index in [-0.39, 0.29) is 27.5 Å². The molecular weight excluding hydrogens is 396 g/mol. The Morgan fingerprint density at radius 1 is 1.31 bits per heavy atom. The molecule has 0 spiro atoms. The second-order valence-electron chi connectivity index (χ2n) is 6.64. The van der Waals surface area contributed by atoms with Gasteiger partial charge >= 0.3 is 5.97 Å². The summed E-state index contributed by atoms with van der Waals surface area (Å²) in [4.78, 5) is 22.2. The van der Waals surface area contributed by atoms with Crippen molar-refractivity contribution in [1.29, 1.82) is 0 Å². The molecule has 29 heavy (non-hydrogen) atoms. The number of nitrogens with two attached hydrogens (primary N) is 1. The Kier molecular flexibility index (Phi) is 6.21. The maximum absolute atomic E-state index is 12.9. The number of benzene rings is 1. The fraction of sp³-hybridized carbons (Fsp3) is 0.421. The van der Waals surface area contributed by atoms with Crippen LogP contribution in [0.15, 0.2) is 40.3 Å². The molecule has 1 aliphatic rings. The van der Waals surface area contributed by atoms with Gasteiger partial charge in [0.1, 0.15) is 16.5 Å². The zero-order chi connectivity index (χ0) is 21.0. The van der Waals surface area contributed by atoms with Gasteiger partial charge in [-0.3, -0.25) is 4.79 Å². The third-order valence-electron chi connectivity index (χ3n) is 4.75. The summed E-state index contributed by atoms with van der Waals surface area (Å²) < 4.78 is 35.9. The molecule has 1 aliphatic heterocycles. The topological polar surface area (TPSA) is 125 Å². The second-order valence-corrected chi connectivity index (χ2v) is 8.55. The number of piperidine rings is 1. The summed E-state index contributed by atoms with van der Waals surface area (Å²) >= 11 is 0. The molecule has 1 aromatic heterocycles. The van der Waals surface area contributed by atoms with Crippen LogP contribution < -0.4 is 15.4 Å². The Morgan fingerprint density at radius 3 is 2.66 bits per heavy atom. The Bertz CT molecular complexity index is 979.